The van der Waals surface area contributed by atoms with E-state index in [1.165, 1.54) is 11.3 Å². The summed E-state index contributed by atoms with van der Waals surface area (Å²) in [5.41, 5.74) is 3.87. The Morgan fingerprint density at radius 2 is 2.05 bits per heavy atom. The van der Waals surface area contributed by atoms with Crippen LogP contribution in [0.2, 0.25) is 0 Å². The first-order valence-electron chi connectivity index (χ1n) is 7.08. The Morgan fingerprint density at radius 3 is 2.68 bits per heavy atom. The van der Waals surface area contributed by atoms with E-state index in [1.54, 1.807) is 11.9 Å². The summed E-state index contributed by atoms with van der Waals surface area (Å²) in [6, 6.07) is 7.91. The largest absolute Gasteiger partial charge is 0.291 e. The highest BCUT2D eigenvalue weighted by Gasteiger charge is 2.19. The predicted molar refractivity (Wildman–Crippen MR) is 89.4 cm³/mol. The molecule has 0 unspecified atom stereocenters. The molecule has 1 amide bonds. The molecule has 3 aromatic rings. The van der Waals surface area contributed by atoms with Crippen molar-refractivity contribution in [3.63, 3.8) is 0 Å². The van der Waals surface area contributed by atoms with Crippen molar-refractivity contribution in [2.75, 3.05) is 11.9 Å². The molecule has 0 saturated carbocycles. The molecule has 0 aliphatic heterocycles. The lowest BCUT2D eigenvalue weighted by molar-refractivity contribution is -0.117. The van der Waals surface area contributed by atoms with Crippen LogP contribution < -0.4 is 4.90 Å². The molecule has 3 rings (SSSR count). The number of likely N-dealkylation sites (N-methyl/N-ethyl adjacent to an activating group) is 1. The van der Waals surface area contributed by atoms with Crippen molar-refractivity contribution in [3.05, 3.63) is 41.2 Å². The number of benzene rings is 1. The van der Waals surface area contributed by atoms with Gasteiger partial charge in [-0.2, -0.15) is 5.10 Å². The van der Waals surface area contributed by atoms with E-state index >= 15 is 0 Å². The first-order valence-corrected chi connectivity index (χ1v) is 7.90. The Morgan fingerprint density at radius 1 is 1.32 bits per heavy atom. The molecular weight excluding hydrogens is 296 g/mol. The molecule has 0 aliphatic carbocycles. The van der Waals surface area contributed by atoms with Gasteiger partial charge in [-0.15, -0.1) is 0 Å². The Bertz CT molecular complexity index is 816. The van der Waals surface area contributed by atoms with Gasteiger partial charge >= 0.3 is 0 Å². The molecule has 114 valence electrons. The van der Waals surface area contributed by atoms with Crippen molar-refractivity contribution in [3.8, 4) is 0 Å². The zero-order chi connectivity index (χ0) is 15.9. The highest BCUT2D eigenvalue weighted by Crippen LogP contribution is 2.28. The summed E-state index contributed by atoms with van der Waals surface area (Å²) in [6.07, 6.45) is 0.345. The summed E-state index contributed by atoms with van der Waals surface area (Å²) in [4.78, 5) is 18.7. The van der Waals surface area contributed by atoms with E-state index in [1.807, 2.05) is 49.8 Å². The van der Waals surface area contributed by atoms with Crippen LogP contribution in [0.4, 0.5) is 5.13 Å². The van der Waals surface area contributed by atoms with Gasteiger partial charge in [0.15, 0.2) is 5.13 Å². The predicted octanol–water partition coefficient (Wildman–Crippen LogP) is 2.85. The first kappa shape index (κ1) is 14.7. The summed E-state index contributed by atoms with van der Waals surface area (Å²) in [6.45, 7) is 3.92. The first-order chi connectivity index (χ1) is 10.5. The molecule has 0 aliphatic rings. The van der Waals surface area contributed by atoms with Gasteiger partial charge in [0, 0.05) is 25.4 Å². The van der Waals surface area contributed by atoms with Crippen molar-refractivity contribution in [2.45, 2.75) is 20.3 Å². The summed E-state index contributed by atoms with van der Waals surface area (Å²) in [5, 5.41) is 5.09. The van der Waals surface area contributed by atoms with Gasteiger partial charge in [0.2, 0.25) is 5.91 Å². The van der Waals surface area contributed by atoms with Crippen LogP contribution in [-0.4, -0.2) is 27.7 Å². The number of fused-ring (bicyclic) bond motifs is 1. The van der Waals surface area contributed by atoms with Crippen LogP contribution in [0.15, 0.2) is 24.3 Å². The maximum atomic E-state index is 12.6. The van der Waals surface area contributed by atoms with Gasteiger partial charge in [0.1, 0.15) is 0 Å². The topological polar surface area (TPSA) is 51.0 Å². The van der Waals surface area contributed by atoms with E-state index in [-0.39, 0.29) is 5.91 Å². The fraction of sp³-hybridized carbons (Fsp3) is 0.312. The third-order valence-electron chi connectivity index (χ3n) is 3.93. The minimum Gasteiger partial charge on any atom is -0.291 e. The van der Waals surface area contributed by atoms with Crippen LogP contribution in [-0.2, 0) is 18.3 Å². The number of carbonyl (C=O) groups excluding carboxylic acids is 1. The number of carbonyl (C=O) groups is 1. The average molecular weight is 314 g/mol. The lowest BCUT2D eigenvalue weighted by atomic mass is 10.1. The molecule has 0 radical (unpaired) electrons. The standard InChI is InChI=1S/C16H18N4OS/c1-10-12(11(2)20(4)18-10)9-15(21)19(3)16-17-13-7-5-6-8-14(13)22-16/h5-8H,9H2,1-4H3. The lowest BCUT2D eigenvalue weighted by Crippen LogP contribution is -2.28. The molecule has 0 saturated heterocycles. The lowest BCUT2D eigenvalue weighted by Gasteiger charge is -2.13. The zero-order valence-electron chi connectivity index (χ0n) is 13.1. The fourth-order valence-corrected chi connectivity index (χ4v) is 3.40. The van der Waals surface area contributed by atoms with E-state index in [0.29, 0.717) is 6.42 Å². The van der Waals surface area contributed by atoms with Crippen LogP contribution >= 0.6 is 11.3 Å². The summed E-state index contributed by atoms with van der Waals surface area (Å²) in [5.74, 6) is 0.0262. The Balaban J connectivity index is 1.85. The van der Waals surface area contributed by atoms with Crippen molar-refractivity contribution in [1.82, 2.24) is 14.8 Å². The van der Waals surface area contributed by atoms with E-state index in [9.17, 15) is 4.79 Å². The highest BCUT2D eigenvalue weighted by atomic mass is 32.1. The van der Waals surface area contributed by atoms with Crippen LogP contribution in [0, 0.1) is 13.8 Å². The van der Waals surface area contributed by atoms with Crippen LogP contribution in [0.25, 0.3) is 10.2 Å². The number of nitrogens with zero attached hydrogens (tertiary/aromatic N) is 4. The second-order valence-electron chi connectivity index (χ2n) is 5.37. The summed E-state index contributed by atoms with van der Waals surface area (Å²) >= 11 is 1.53. The highest BCUT2D eigenvalue weighted by molar-refractivity contribution is 7.22. The second kappa shape index (κ2) is 5.53. The number of aromatic nitrogens is 3. The fourth-order valence-electron chi connectivity index (χ4n) is 2.45. The van der Waals surface area contributed by atoms with Gasteiger partial charge in [0.25, 0.3) is 0 Å². The summed E-state index contributed by atoms with van der Waals surface area (Å²) in [7, 11) is 3.68. The van der Waals surface area contributed by atoms with Gasteiger partial charge in [-0.05, 0) is 26.0 Å². The minimum atomic E-state index is 0.0262. The van der Waals surface area contributed by atoms with Gasteiger partial charge in [-0.25, -0.2) is 4.98 Å². The van der Waals surface area contributed by atoms with Gasteiger partial charge in [0.05, 0.1) is 22.3 Å². The van der Waals surface area contributed by atoms with Crippen LogP contribution in [0.3, 0.4) is 0 Å². The summed E-state index contributed by atoms with van der Waals surface area (Å²) < 4.78 is 2.90. The molecule has 22 heavy (non-hydrogen) atoms. The third kappa shape index (κ3) is 2.50. The molecule has 6 heteroatoms. The number of amides is 1. The second-order valence-corrected chi connectivity index (χ2v) is 6.38. The Kier molecular flexibility index (Phi) is 3.70. The quantitative estimate of drug-likeness (QED) is 0.747. The molecule has 0 fully saturated rings. The molecule has 2 aromatic heterocycles. The number of para-hydroxylation sites is 1. The molecule has 0 spiro atoms. The molecule has 0 atom stereocenters. The number of hydrogen-bond acceptors (Lipinski definition) is 4. The number of aryl methyl sites for hydroxylation is 2. The number of rotatable bonds is 3. The molecule has 0 bridgehead atoms. The van der Waals surface area contributed by atoms with E-state index in [0.717, 1.165) is 32.3 Å². The SMILES string of the molecule is Cc1nn(C)c(C)c1CC(=O)N(C)c1nc2ccccc2s1. The maximum absolute atomic E-state index is 12.6. The van der Waals surface area contributed by atoms with Crippen molar-refractivity contribution < 1.29 is 4.79 Å². The van der Waals surface area contributed by atoms with Gasteiger partial charge < -0.3 is 0 Å². The smallest absolute Gasteiger partial charge is 0.233 e. The third-order valence-corrected chi connectivity index (χ3v) is 5.04. The Hall–Kier alpha value is -2.21. The van der Waals surface area contributed by atoms with Crippen LogP contribution in [0.1, 0.15) is 17.0 Å². The molecule has 5 nitrogen and oxygen atoms in total. The molecule has 1 aromatic carbocycles. The molecule has 0 N–H and O–H groups in total. The normalized spacial score (nSPS) is 11.1. The average Bonchev–Trinajstić information content (AvgIpc) is 3.03. The van der Waals surface area contributed by atoms with E-state index in [2.05, 4.69) is 10.1 Å². The van der Waals surface area contributed by atoms with Crippen LogP contribution in [0.5, 0.6) is 0 Å². The number of thiazole rings is 1. The Labute approximate surface area is 133 Å². The molecule has 2 heterocycles. The van der Waals surface area contributed by atoms with E-state index < -0.39 is 0 Å². The zero-order valence-corrected chi connectivity index (χ0v) is 13.9. The van der Waals surface area contributed by atoms with Crippen molar-refractivity contribution >= 4 is 32.6 Å². The monoisotopic (exact) mass is 314 g/mol. The van der Waals surface area contributed by atoms with Crippen molar-refractivity contribution in [1.29, 1.82) is 0 Å². The molecular formula is C16H18N4OS. The van der Waals surface area contributed by atoms with E-state index in [4.69, 9.17) is 0 Å². The van der Waals surface area contributed by atoms with Crippen molar-refractivity contribution in [2.24, 2.45) is 7.05 Å². The van der Waals surface area contributed by atoms with Gasteiger partial charge in [-0.3, -0.25) is 14.4 Å². The number of hydrogen-bond donors (Lipinski definition) is 0. The number of anilines is 1. The maximum Gasteiger partial charge on any atom is 0.233 e. The minimum absolute atomic E-state index is 0.0262. The van der Waals surface area contributed by atoms with Gasteiger partial charge in [-0.1, -0.05) is 23.5 Å².